The summed E-state index contributed by atoms with van der Waals surface area (Å²) >= 11 is 6.15. The van der Waals surface area contributed by atoms with Crippen LogP contribution in [0.1, 0.15) is 51.6 Å². The highest BCUT2D eigenvalue weighted by Gasteiger charge is 2.18. The Bertz CT molecular complexity index is 364. The fraction of sp³-hybridized carbons (Fsp3) is 0.600. The summed E-state index contributed by atoms with van der Waals surface area (Å²) < 4.78 is 13.1. The average molecular weight is 272 g/mol. The molecule has 1 aromatic rings. The zero-order valence-corrected chi connectivity index (χ0v) is 12.2. The van der Waals surface area contributed by atoms with E-state index in [0.29, 0.717) is 10.9 Å². The van der Waals surface area contributed by atoms with Gasteiger partial charge in [0.1, 0.15) is 5.82 Å². The lowest BCUT2D eigenvalue weighted by Crippen LogP contribution is -2.23. The molecule has 0 aliphatic heterocycles. The van der Waals surface area contributed by atoms with Gasteiger partial charge < -0.3 is 5.32 Å². The smallest absolute Gasteiger partial charge is 0.124 e. The van der Waals surface area contributed by atoms with Crippen LogP contribution in [0.4, 0.5) is 4.39 Å². The van der Waals surface area contributed by atoms with E-state index in [1.54, 1.807) is 6.07 Å². The van der Waals surface area contributed by atoms with E-state index in [2.05, 4.69) is 26.1 Å². The van der Waals surface area contributed by atoms with Gasteiger partial charge in [0, 0.05) is 11.1 Å². The zero-order valence-electron chi connectivity index (χ0n) is 11.5. The molecule has 1 nitrogen and oxygen atoms in total. The van der Waals surface area contributed by atoms with E-state index in [-0.39, 0.29) is 11.9 Å². The maximum atomic E-state index is 13.1. The number of hydrogen-bond acceptors (Lipinski definition) is 1. The van der Waals surface area contributed by atoms with Crippen LogP contribution < -0.4 is 5.32 Å². The standard InChI is InChI=1S/C15H23ClFN/c1-4-11(5-2)9-15(18-6-3)13-8-7-12(17)10-14(13)16/h7-8,10-11,15,18H,4-6,9H2,1-3H3. The Morgan fingerprint density at radius 2 is 1.89 bits per heavy atom. The minimum atomic E-state index is -0.276. The molecule has 0 fully saturated rings. The first-order chi connectivity index (χ1) is 8.62. The molecule has 0 aliphatic rings. The molecule has 0 bridgehead atoms. The van der Waals surface area contributed by atoms with E-state index in [0.717, 1.165) is 31.4 Å². The maximum Gasteiger partial charge on any atom is 0.124 e. The van der Waals surface area contributed by atoms with E-state index in [9.17, 15) is 4.39 Å². The molecule has 0 radical (unpaired) electrons. The fourth-order valence-corrected chi connectivity index (χ4v) is 2.61. The van der Waals surface area contributed by atoms with Gasteiger partial charge in [0.25, 0.3) is 0 Å². The highest BCUT2D eigenvalue weighted by atomic mass is 35.5. The molecule has 0 saturated heterocycles. The fourth-order valence-electron chi connectivity index (χ4n) is 2.31. The van der Waals surface area contributed by atoms with Gasteiger partial charge in [-0.2, -0.15) is 0 Å². The first kappa shape index (κ1) is 15.5. The summed E-state index contributed by atoms with van der Waals surface area (Å²) in [4.78, 5) is 0. The average Bonchev–Trinajstić information content (AvgIpc) is 2.35. The van der Waals surface area contributed by atoms with E-state index in [1.165, 1.54) is 12.1 Å². The molecule has 1 aromatic carbocycles. The van der Waals surface area contributed by atoms with E-state index in [4.69, 9.17) is 11.6 Å². The second kappa shape index (κ2) is 7.75. The van der Waals surface area contributed by atoms with Crippen LogP contribution in [0.25, 0.3) is 0 Å². The van der Waals surface area contributed by atoms with Crippen molar-refractivity contribution in [3.8, 4) is 0 Å². The topological polar surface area (TPSA) is 12.0 Å². The maximum absolute atomic E-state index is 13.1. The van der Waals surface area contributed by atoms with E-state index < -0.39 is 0 Å². The van der Waals surface area contributed by atoms with Gasteiger partial charge in [-0.25, -0.2) is 4.39 Å². The van der Waals surface area contributed by atoms with Gasteiger partial charge in [-0.3, -0.25) is 0 Å². The van der Waals surface area contributed by atoms with Crippen molar-refractivity contribution in [2.45, 2.75) is 46.1 Å². The number of hydrogen-bond donors (Lipinski definition) is 1. The Kier molecular flexibility index (Phi) is 6.66. The summed E-state index contributed by atoms with van der Waals surface area (Å²) in [5.74, 6) is 0.400. The van der Waals surface area contributed by atoms with Gasteiger partial charge >= 0.3 is 0 Å². The van der Waals surface area contributed by atoms with Gasteiger partial charge in [0.15, 0.2) is 0 Å². The van der Waals surface area contributed by atoms with Gasteiger partial charge in [0.2, 0.25) is 0 Å². The molecule has 0 heterocycles. The summed E-state index contributed by atoms with van der Waals surface area (Å²) in [7, 11) is 0. The molecule has 1 atom stereocenters. The predicted molar refractivity (Wildman–Crippen MR) is 76.5 cm³/mol. The molecule has 18 heavy (non-hydrogen) atoms. The number of halogens is 2. The van der Waals surface area contributed by atoms with Crippen LogP contribution in [0, 0.1) is 11.7 Å². The summed E-state index contributed by atoms with van der Waals surface area (Å²) in [5, 5.41) is 3.97. The van der Waals surface area contributed by atoms with Gasteiger partial charge in [0.05, 0.1) is 0 Å². The molecular formula is C15H23ClFN. The Balaban J connectivity index is 2.89. The minimum absolute atomic E-state index is 0.216. The normalized spacial score (nSPS) is 13.0. The summed E-state index contributed by atoms with van der Waals surface area (Å²) in [6, 6.07) is 4.90. The molecule has 1 unspecified atom stereocenters. The van der Waals surface area contributed by atoms with Crippen molar-refractivity contribution in [1.82, 2.24) is 5.32 Å². The van der Waals surface area contributed by atoms with Crippen LogP contribution in [0.15, 0.2) is 18.2 Å². The number of nitrogens with one attached hydrogen (secondary N) is 1. The molecule has 0 spiro atoms. The lowest BCUT2D eigenvalue weighted by Gasteiger charge is -2.24. The first-order valence-electron chi connectivity index (χ1n) is 6.80. The van der Waals surface area contributed by atoms with Crippen molar-refractivity contribution in [1.29, 1.82) is 0 Å². The van der Waals surface area contributed by atoms with Gasteiger partial charge in [-0.05, 0) is 36.6 Å². The van der Waals surface area contributed by atoms with Crippen molar-refractivity contribution < 1.29 is 4.39 Å². The van der Waals surface area contributed by atoms with Crippen LogP contribution in [0.3, 0.4) is 0 Å². The van der Waals surface area contributed by atoms with Crippen LogP contribution in [0.2, 0.25) is 5.02 Å². The Morgan fingerprint density at radius 1 is 1.22 bits per heavy atom. The lowest BCUT2D eigenvalue weighted by molar-refractivity contribution is 0.375. The quantitative estimate of drug-likeness (QED) is 0.739. The van der Waals surface area contributed by atoms with Crippen molar-refractivity contribution in [3.63, 3.8) is 0 Å². The second-order valence-electron chi connectivity index (χ2n) is 4.69. The molecule has 0 amide bonds. The van der Waals surface area contributed by atoms with Gasteiger partial charge in [-0.1, -0.05) is 51.3 Å². The summed E-state index contributed by atoms with van der Waals surface area (Å²) in [6.07, 6.45) is 3.38. The van der Waals surface area contributed by atoms with Crippen molar-refractivity contribution in [2.75, 3.05) is 6.54 Å². The molecule has 3 heteroatoms. The Labute approximate surface area is 115 Å². The summed E-state index contributed by atoms with van der Waals surface area (Å²) in [5.41, 5.74) is 1.01. The van der Waals surface area contributed by atoms with Crippen LogP contribution in [-0.2, 0) is 0 Å². The SMILES string of the molecule is CCNC(CC(CC)CC)c1ccc(F)cc1Cl. The monoisotopic (exact) mass is 271 g/mol. The highest BCUT2D eigenvalue weighted by Crippen LogP contribution is 2.30. The third kappa shape index (κ3) is 4.25. The second-order valence-corrected chi connectivity index (χ2v) is 5.10. The van der Waals surface area contributed by atoms with Gasteiger partial charge in [-0.15, -0.1) is 0 Å². The Morgan fingerprint density at radius 3 is 2.39 bits per heavy atom. The van der Waals surface area contributed by atoms with Crippen molar-refractivity contribution >= 4 is 11.6 Å². The minimum Gasteiger partial charge on any atom is -0.310 e. The number of rotatable bonds is 7. The first-order valence-corrected chi connectivity index (χ1v) is 7.18. The van der Waals surface area contributed by atoms with Crippen molar-refractivity contribution in [3.05, 3.63) is 34.6 Å². The molecule has 1 rings (SSSR count). The highest BCUT2D eigenvalue weighted by molar-refractivity contribution is 6.31. The molecular weight excluding hydrogens is 249 g/mol. The van der Waals surface area contributed by atoms with Crippen molar-refractivity contribution in [2.24, 2.45) is 5.92 Å². The zero-order chi connectivity index (χ0) is 13.5. The van der Waals surface area contributed by atoms with E-state index >= 15 is 0 Å². The van der Waals surface area contributed by atoms with Crippen LogP contribution in [-0.4, -0.2) is 6.54 Å². The molecule has 0 saturated carbocycles. The Hall–Kier alpha value is -0.600. The molecule has 1 N–H and O–H groups in total. The van der Waals surface area contributed by atoms with Crippen LogP contribution in [0.5, 0.6) is 0 Å². The predicted octanol–water partition coefficient (Wildman–Crippen LogP) is 4.96. The molecule has 0 aromatic heterocycles. The van der Waals surface area contributed by atoms with Crippen LogP contribution >= 0.6 is 11.6 Å². The largest absolute Gasteiger partial charge is 0.310 e. The van der Waals surface area contributed by atoms with E-state index in [1.807, 2.05) is 0 Å². The third-order valence-corrected chi connectivity index (χ3v) is 3.84. The third-order valence-electron chi connectivity index (χ3n) is 3.51. The lowest BCUT2D eigenvalue weighted by atomic mass is 9.91. The molecule has 0 aliphatic carbocycles. The number of benzene rings is 1. The molecule has 102 valence electrons. The summed E-state index contributed by atoms with van der Waals surface area (Å²) in [6.45, 7) is 7.39.